The Bertz CT molecular complexity index is 722. The molecule has 0 aliphatic carbocycles. The first kappa shape index (κ1) is 17.4. The summed E-state index contributed by atoms with van der Waals surface area (Å²) in [6.07, 6.45) is 2.63. The normalized spacial score (nSPS) is 16.6. The highest BCUT2D eigenvalue weighted by molar-refractivity contribution is 5.93. The van der Waals surface area contributed by atoms with E-state index in [1.165, 1.54) is 0 Å². The fourth-order valence-corrected chi connectivity index (χ4v) is 2.74. The first-order chi connectivity index (χ1) is 12.1. The highest BCUT2D eigenvalue weighted by Gasteiger charge is 2.17. The van der Waals surface area contributed by atoms with Gasteiger partial charge in [0.1, 0.15) is 5.75 Å². The average molecular weight is 340 g/mol. The molecule has 132 valence electrons. The highest BCUT2D eigenvalue weighted by atomic mass is 16.5. The van der Waals surface area contributed by atoms with Crippen molar-refractivity contribution in [3.8, 4) is 5.75 Å². The van der Waals surface area contributed by atoms with Crippen molar-refractivity contribution in [2.75, 3.05) is 19.8 Å². The summed E-state index contributed by atoms with van der Waals surface area (Å²) in [6.45, 7) is 6.57. The second-order valence-corrected chi connectivity index (χ2v) is 6.52. The summed E-state index contributed by atoms with van der Waals surface area (Å²) in [5, 5.41) is 2.94. The number of carbonyl (C=O) groups excluding carboxylic acids is 1. The van der Waals surface area contributed by atoms with E-state index in [-0.39, 0.29) is 5.91 Å². The molecule has 25 heavy (non-hydrogen) atoms. The van der Waals surface area contributed by atoms with E-state index in [1.54, 1.807) is 12.3 Å². The fraction of sp³-hybridized carbons (Fsp3) is 0.400. The average Bonchev–Trinajstić information content (AvgIpc) is 3.13. The molecule has 1 aromatic heterocycles. The molecule has 0 saturated carbocycles. The molecule has 2 heterocycles. The Morgan fingerprint density at radius 3 is 2.92 bits per heavy atom. The number of hydrogen-bond donors (Lipinski definition) is 1. The van der Waals surface area contributed by atoms with Crippen LogP contribution < -0.4 is 10.1 Å². The monoisotopic (exact) mass is 340 g/mol. The van der Waals surface area contributed by atoms with Gasteiger partial charge in [0.15, 0.2) is 0 Å². The Kier molecular flexibility index (Phi) is 5.66. The Morgan fingerprint density at radius 1 is 1.32 bits per heavy atom. The smallest absolute Gasteiger partial charge is 0.253 e. The molecule has 0 bridgehead atoms. The number of nitrogens with one attached hydrogen (secondary N) is 1. The third-order valence-electron chi connectivity index (χ3n) is 4.33. The minimum Gasteiger partial charge on any atom is -0.493 e. The van der Waals surface area contributed by atoms with Crippen molar-refractivity contribution in [1.29, 1.82) is 0 Å². The summed E-state index contributed by atoms with van der Waals surface area (Å²) in [7, 11) is 0. The molecule has 5 nitrogen and oxygen atoms in total. The largest absolute Gasteiger partial charge is 0.493 e. The van der Waals surface area contributed by atoms with Crippen LogP contribution >= 0.6 is 0 Å². The van der Waals surface area contributed by atoms with E-state index < -0.39 is 0 Å². The van der Waals surface area contributed by atoms with E-state index >= 15 is 0 Å². The van der Waals surface area contributed by atoms with E-state index in [1.807, 2.05) is 38.1 Å². The van der Waals surface area contributed by atoms with E-state index in [2.05, 4.69) is 10.3 Å². The van der Waals surface area contributed by atoms with Gasteiger partial charge in [0, 0.05) is 36.5 Å². The number of aromatic nitrogens is 1. The maximum atomic E-state index is 12.3. The molecule has 1 aliphatic rings. The zero-order chi connectivity index (χ0) is 17.6. The molecule has 5 heteroatoms. The predicted octanol–water partition coefficient (Wildman–Crippen LogP) is 3.04. The van der Waals surface area contributed by atoms with Crippen molar-refractivity contribution in [1.82, 2.24) is 10.3 Å². The molecule has 2 aromatic rings. The Labute approximate surface area is 148 Å². The van der Waals surface area contributed by atoms with Crippen molar-refractivity contribution in [3.05, 3.63) is 58.9 Å². The molecule has 0 spiro atoms. The van der Waals surface area contributed by atoms with Crippen LogP contribution in [0.5, 0.6) is 5.75 Å². The predicted molar refractivity (Wildman–Crippen MR) is 95.7 cm³/mol. The van der Waals surface area contributed by atoms with Crippen LogP contribution in [0.4, 0.5) is 0 Å². The number of nitrogens with zero attached hydrogens (tertiary/aromatic N) is 1. The topological polar surface area (TPSA) is 60.5 Å². The standard InChI is InChI=1S/C20H24N2O3/c1-14-3-5-17(19(9-14)25-13-16-7-8-24-12-16)10-22-20(23)18-6-4-15(2)21-11-18/h3-6,9,11,16H,7-8,10,12-13H2,1-2H3,(H,22,23). The van der Waals surface area contributed by atoms with Gasteiger partial charge in [-0.25, -0.2) is 0 Å². The molecule has 1 N–H and O–H groups in total. The summed E-state index contributed by atoms with van der Waals surface area (Å²) in [4.78, 5) is 16.4. The third kappa shape index (κ3) is 4.79. The van der Waals surface area contributed by atoms with Gasteiger partial charge in [-0.3, -0.25) is 9.78 Å². The lowest BCUT2D eigenvalue weighted by Gasteiger charge is -2.15. The minimum absolute atomic E-state index is 0.136. The van der Waals surface area contributed by atoms with Gasteiger partial charge in [-0.1, -0.05) is 12.1 Å². The number of pyridine rings is 1. The van der Waals surface area contributed by atoms with E-state index in [9.17, 15) is 4.79 Å². The number of carbonyl (C=O) groups is 1. The van der Waals surface area contributed by atoms with Crippen molar-refractivity contribution in [2.24, 2.45) is 5.92 Å². The van der Waals surface area contributed by atoms with Crippen LogP contribution in [0.25, 0.3) is 0 Å². The number of rotatable bonds is 6. The molecule has 0 radical (unpaired) electrons. The Hall–Kier alpha value is -2.40. The second kappa shape index (κ2) is 8.12. The third-order valence-corrected chi connectivity index (χ3v) is 4.33. The van der Waals surface area contributed by atoms with Gasteiger partial charge < -0.3 is 14.8 Å². The number of ether oxygens (including phenoxy) is 2. The van der Waals surface area contributed by atoms with Crippen LogP contribution in [0.3, 0.4) is 0 Å². The van der Waals surface area contributed by atoms with Crippen LogP contribution in [-0.4, -0.2) is 30.7 Å². The summed E-state index contributed by atoms with van der Waals surface area (Å²) < 4.78 is 11.4. The molecule has 1 saturated heterocycles. The van der Waals surface area contributed by atoms with Crippen LogP contribution in [0.1, 0.15) is 33.6 Å². The lowest BCUT2D eigenvalue weighted by atomic mass is 10.1. The molecule has 1 aromatic carbocycles. The van der Waals surface area contributed by atoms with Crippen LogP contribution in [0.15, 0.2) is 36.5 Å². The van der Waals surface area contributed by atoms with E-state index in [0.29, 0.717) is 24.6 Å². The number of amides is 1. The van der Waals surface area contributed by atoms with Gasteiger partial charge in [0.05, 0.1) is 18.8 Å². The number of aryl methyl sites for hydroxylation is 2. The highest BCUT2D eigenvalue weighted by Crippen LogP contribution is 2.22. The lowest BCUT2D eigenvalue weighted by molar-refractivity contribution is 0.0950. The zero-order valence-corrected chi connectivity index (χ0v) is 14.7. The fourth-order valence-electron chi connectivity index (χ4n) is 2.74. The van der Waals surface area contributed by atoms with E-state index in [0.717, 1.165) is 42.2 Å². The first-order valence-corrected chi connectivity index (χ1v) is 8.63. The molecule has 1 amide bonds. The van der Waals surface area contributed by atoms with Crippen LogP contribution in [-0.2, 0) is 11.3 Å². The van der Waals surface area contributed by atoms with Crippen molar-refractivity contribution >= 4 is 5.91 Å². The molecular weight excluding hydrogens is 316 g/mol. The van der Waals surface area contributed by atoms with E-state index in [4.69, 9.17) is 9.47 Å². The van der Waals surface area contributed by atoms with Crippen molar-refractivity contribution in [3.63, 3.8) is 0 Å². The molecule has 3 rings (SSSR count). The molecule has 1 aliphatic heterocycles. The molecule has 1 unspecified atom stereocenters. The van der Waals surface area contributed by atoms with Gasteiger partial charge in [-0.15, -0.1) is 0 Å². The van der Waals surface area contributed by atoms with Gasteiger partial charge in [-0.05, 0) is 44.0 Å². The SMILES string of the molecule is Cc1ccc(CNC(=O)c2ccc(C)nc2)c(OCC2CCOC2)c1. The van der Waals surface area contributed by atoms with Gasteiger partial charge in [0.2, 0.25) is 0 Å². The maximum absolute atomic E-state index is 12.3. The summed E-state index contributed by atoms with van der Waals surface area (Å²) in [6, 6.07) is 9.66. The second-order valence-electron chi connectivity index (χ2n) is 6.52. The maximum Gasteiger partial charge on any atom is 0.253 e. The van der Waals surface area contributed by atoms with Gasteiger partial charge in [0.25, 0.3) is 5.91 Å². The van der Waals surface area contributed by atoms with Crippen LogP contribution in [0, 0.1) is 19.8 Å². The first-order valence-electron chi connectivity index (χ1n) is 8.63. The number of hydrogen-bond acceptors (Lipinski definition) is 4. The quantitative estimate of drug-likeness (QED) is 0.878. The van der Waals surface area contributed by atoms with Crippen LogP contribution in [0.2, 0.25) is 0 Å². The zero-order valence-electron chi connectivity index (χ0n) is 14.7. The molecule has 1 fully saturated rings. The summed E-state index contributed by atoms with van der Waals surface area (Å²) in [5.41, 5.74) is 3.55. The minimum atomic E-state index is -0.136. The number of benzene rings is 1. The van der Waals surface area contributed by atoms with Gasteiger partial charge >= 0.3 is 0 Å². The molecule has 1 atom stereocenters. The van der Waals surface area contributed by atoms with Crippen molar-refractivity contribution in [2.45, 2.75) is 26.8 Å². The Morgan fingerprint density at radius 2 is 2.20 bits per heavy atom. The lowest BCUT2D eigenvalue weighted by Crippen LogP contribution is -2.23. The molecular formula is C20H24N2O3. The van der Waals surface area contributed by atoms with Gasteiger partial charge in [-0.2, -0.15) is 0 Å². The summed E-state index contributed by atoms with van der Waals surface area (Å²) >= 11 is 0. The van der Waals surface area contributed by atoms with Crippen molar-refractivity contribution < 1.29 is 14.3 Å². The Balaban J connectivity index is 1.62. The summed E-state index contributed by atoms with van der Waals surface area (Å²) in [5.74, 6) is 1.14.